The Labute approximate surface area is 189 Å². The molecular formula is C23H27NO7S. The van der Waals surface area contributed by atoms with Crippen LogP contribution in [0.1, 0.15) is 43.4 Å². The minimum absolute atomic E-state index is 0.254. The number of carbonyl (C=O) groups excluding carboxylic acids is 1. The number of carbonyl (C=O) groups is 2. The first-order valence-corrected chi connectivity index (χ1v) is 12.1. The number of carboxylic acids is 1. The van der Waals surface area contributed by atoms with Gasteiger partial charge >= 0.3 is 11.6 Å². The summed E-state index contributed by atoms with van der Waals surface area (Å²) in [5.41, 5.74) is 2.17. The molecule has 0 radical (unpaired) electrons. The van der Waals surface area contributed by atoms with Gasteiger partial charge in [0, 0.05) is 22.9 Å². The smallest absolute Gasteiger partial charge is 0.339 e. The van der Waals surface area contributed by atoms with Crippen molar-refractivity contribution in [3.63, 3.8) is 0 Å². The Hall–Kier alpha value is -2.68. The molecule has 0 spiro atoms. The van der Waals surface area contributed by atoms with E-state index < -0.39 is 17.9 Å². The van der Waals surface area contributed by atoms with E-state index in [0.29, 0.717) is 40.9 Å². The van der Waals surface area contributed by atoms with Crippen molar-refractivity contribution in [2.75, 3.05) is 18.6 Å². The van der Waals surface area contributed by atoms with Crippen molar-refractivity contribution in [3.8, 4) is 11.5 Å². The number of aryl methyl sites for hydroxylation is 2. The van der Waals surface area contributed by atoms with E-state index in [1.54, 1.807) is 12.3 Å². The zero-order chi connectivity index (χ0) is 23.0. The summed E-state index contributed by atoms with van der Waals surface area (Å²) in [5.74, 6) is -0.388. The molecule has 4 rings (SSSR count). The molecule has 0 fully saturated rings. The van der Waals surface area contributed by atoms with Gasteiger partial charge in [0.05, 0.1) is 5.39 Å². The molecule has 0 unspecified atom stereocenters. The molecule has 32 heavy (non-hydrogen) atoms. The highest BCUT2D eigenvalue weighted by molar-refractivity contribution is 7.98. The molecule has 9 heteroatoms. The second kappa shape index (κ2) is 8.69. The van der Waals surface area contributed by atoms with E-state index in [1.165, 1.54) is 11.8 Å². The molecule has 1 atom stereocenters. The summed E-state index contributed by atoms with van der Waals surface area (Å²) in [4.78, 5) is 36.3. The third kappa shape index (κ3) is 4.30. The van der Waals surface area contributed by atoms with E-state index in [0.717, 1.165) is 30.4 Å². The quantitative estimate of drug-likeness (QED) is 0.605. The van der Waals surface area contributed by atoms with E-state index in [1.807, 2.05) is 13.8 Å². The van der Waals surface area contributed by atoms with Crippen LogP contribution < -0.4 is 20.4 Å². The first-order chi connectivity index (χ1) is 15.2. The molecule has 2 heterocycles. The molecule has 0 saturated carbocycles. The molecule has 1 amide bonds. The lowest BCUT2D eigenvalue weighted by molar-refractivity contribution is -0.141. The SMILES string of the molecule is CSC[C@H](NC(=O)COc1cc2c(c3oc(=O)c4c(c13)CCC4)CCC(C)(C)O2)C(=O)O. The maximum absolute atomic E-state index is 12.6. The summed E-state index contributed by atoms with van der Waals surface area (Å²) in [6.45, 7) is 3.62. The van der Waals surface area contributed by atoms with Crippen molar-refractivity contribution >= 4 is 34.6 Å². The average Bonchev–Trinajstić information content (AvgIpc) is 3.21. The summed E-state index contributed by atoms with van der Waals surface area (Å²) in [6.07, 6.45) is 5.51. The number of fused-ring (bicyclic) bond motifs is 5. The van der Waals surface area contributed by atoms with Crippen LogP contribution in [0.5, 0.6) is 11.5 Å². The minimum atomic E-state index is -1.10. The number of ether oxygens (including phenoxy) is 2. The van der Waals surface area contributed by atoms with Gasteiger partial charge in [-0.25, -0.2) is 9.59 Å². The Balaban J connectivity index is 1.71. The third-order valence-corrected chi connectivity index (χ3v) is 6.62. The first kappa shape index (κ1) is 22.5. The van der Waals surface area contributed by atoms with Crippen LogP contribution in [0.25, 0.3) is 11.0 Å². The lowest BCUT2D eigenvalue weighted by atomic mass is 9.91. The van der Waals surface area contributed by atoms with Crippen molar-refractivity contribution in [2.45, 2.75) is 57.6 Å². The van der Waals surface area contributed by atoms with Gasteiger partial charge in [-0.2, -0.15) is 11.8 Å². The second-order valence-corrected chi connectivity index (χ2v) is 9.73. The fraction of sp³-hybridized carbons (Fsp3) is 0.522. The molecule has 2 N–H and O–H groups in total. The maximum Gasteiger partial charge on any atom is 0.339 e. The van der Waals surface area contributed by atoms with Crippen LogP contribution in [0.15, 0.2) is 15.3 Å². The highest BCUT2D eigenvalue weighted by Crippen LogP contribution is 2.44. The number of carboxylic acid groups (broad SMARTS) is 1. The van der Waals surface area contributed by atoms with Crippen LogP contribution in [0, 0.1) is 0 Å². The molecule has 1 aromatic heterocycles. The molecule has 172 valence electrons. The zero-order valence-electron chi connectivity index (χ0n) is 18.4. The van der Waals surface area contributed by atoms with Crippen LogP contribution in [0.3, 0.4) is 0 Å². The number of benzene rings is 1. The molecule has 8 nitrogen and oxygen atoms in total. The van der Waals surface area contributed by atoms with E-state index in [9.17, 15) is 19.5 Å². The number of nitrogens with one attached hydrogen (secondary N) is 1. The van der Waals surface area contributed by atoms with Crippen LogP contribution in [-0.2, 0) is 28.9 Å². The molecule has 0 bridgehead atoms. The van der Waals surface area contributed by atoms with Crippen molar-refractivity contribution in [1.29, 1.82) is 0 Å². The van der Waals surface area contributed by atoms with Crippen LogP contribution in [0.4, 0.5) is 0 Å². The van der Waals surface area contributed by atoms with Gasteiger partial charge in [0.1, 0.15) is 28.7 Å². The number of amides is 1. The Morgan fingerprint density at radius 1 is 1.25 bits per heavy atom. The number of rotatable bonds is 7. The van der Waals surface area contributed by atoms with Crippen LogP contribution in [0.2, 0.25) is 0 Å². The molecule has 1 aliphatic carbocycles. The maximum atomic E-state index is 12.6. The molecule has 1 aliphatic heterocycles. The van der Waals surface area contributed by atoms with Gasteiger partial charge < -0.3 is 24.3 Å². The molecular weight excluding hydrogens is 434 g/mol. The number of thioether (sulfide) groups is 1. The average molecular weight is 462 g/mol. The second-order valence-electron chi connectivity index (χ2n) is 8.82. The topological polar surface area (TPSA) is 115 Å². The van der Waals surface area contributed by atoms with Gasteiger partial charge in [-0.05, 0) is 57.8 Å². The Morgan fingerprint density at radius 2 is 2.00 bits per heavy atom. The summed E-state index contributed by atoms with van der Waals surface area (Å²) in [7, 11) is 0. The van der Waals surface area contributed by atoms with Gasteiger partial charge in [0.2, 0.25) is 0 Å². The summed E-state index contributed by atoms with van der Waals surface area (Å²) < 4.78 is 17.8. The molecule has 1 aromatic carbocycles. The van der Waals surface area contributed by atoms with Gasteiger partial charge in [0.25, 0.3) is 5.91 Å². The predicted molar refractivity (Wildman–Crippen MR) is 121 cm³/mol. The summed E-state index contributed by atoms with van der Waals surface area (Å²) >= 11 is 1.33. The molecule has 2 aliphatic rings. The van der Waals surface area contributed by atoms with Crippen molar-refractivity contribution in [3.05, 3.63) is 33.2 Å². The highest BCUT2D eigenvalue weighted by Gasteiger charge is 2.32. The lowest BCUT2D eigenvalue weighted by Crippen LogP contribution is -2.44. The van der Waals surface area contributed by atoms with Crippen molar-refractivity contribution < 1.29 is 28.6 Å². The monoisotopic (exact) mass is 461 g/mol. The first-order valence-electron chi connectivity index (χ1n) is 10.7. The van der Waals surface area contributed by atoms with Gasteiger partial charge in [0.15, 0.2) is 6.61 Å². The number of aliphatic carboxylic acids is 1. The Morgan fingerprint density at radius 3 is 2.72 bits per heavy atom. The van der Waals surface area contributed by atoms with Gasteiger partial charge in [-0.1, -0.05) is 0 Å². The van der Waals surface area contributed by atoms with E-state index in [4.69, 9.17) is 13.9 Å². The molecule has 0 saturated heterocycles. The Kier molecular flexibility index (Phi) is 6.11. The predicted octanol–water partition coefficient (Wildman–Crippen LogP) is 2.70. The van der Waals surface area contributed by atoms with Gasteiger partial charge in [-0.3, -0.25) is 4.79 Å². The van der Waals surface area contributed by atoms with Crippen molar-refractivity contribution in [2.24, 2.45) is 0 Å². The van der Waals surface area contributed by atoms with Crippen molar-refractivity contribution in [1.82, 2.24) is 5.32 Å². The van der Waals surface area contributed by atoms with E-state index >= 15 is 0 Å². The summed E-state index contributed by atoms with van der Waals surface area (Å²) in [6, 6.07) is 0.772. The lowest BCUT2D eigenvalue weighted by Gasteiger charge is -2.33. The number of hydrogen-bond donors (Lipinski definition) is 2. The normalized spacial score (nSPS) is 17.2. The van der Waals surface area contributed by atoms with E-state index in [-0.39, 0.29) is 23.6 Å². The standard InChI is InChI=1S/C23H27NO7S/c1-23(2)8-7-14-16(31-23)9-17(29-10-18(25)24-15(11-32-3)21(26)27)19-12-5-4-6-13(12)22(28)30-20(14)19/h9,15H,4-8,10-11H2,1-3H3,(H,24,25)(H,26,27)/t15-/m0/s1. The summed E-state index contributed by atoms with van der Waals surface area (Å²) in [5, 5.41) is 12.5. The van der Waals surface area contributed by atoms with Crippen LogP contribution >= 0.6 is 11.8 Å². The van der Waals surface area contributed by atoms with E-state index in [2.05, 4.69) is 5.32 Å². The molecule has 2 aromatic rings. The fourth-order valence-electron chi connectivity index (χ4n) is 4.39. The zero-order valence-corrected chi connectivity index (χ0v) is 19.2. The largest absolute Gasteiger partial charge is 0.487 e. The Bertz CT molecular complexity index is 1140. The minimum Gasteiger partial charge on any atom is -0.487 e. The van der Waals surface area contributed by atoms with Crippen LogP contribution in [-0.4, -0.2) is 47.2 Å². The third-order valence-electron chi connectivity index (χ3n) is 5.96. The fourth-order valence-corrected chi connectivity index (χ4v) is 4.95. The van der Waals surface area contributed by atoms with Gasteiger partial charge in [-0.15, -0.1) is 0 Å². The number of hydrogen-bond acceptors (Lipinski definition) is 7. The highest BCUT2D eigenvalue weighted by atomic mass is 32.2.